The largest absolute Gasteiger partial charge is 0.478 e. The van der Waals surface area contributed by atoms with E-state index in [-0.39, 0.29) is 5.56 Å². The molecule has 0 radical (unpaired) electrons. The predicted molar refractivity (Wildman–Crippen MR) is 71.2 cm³/mol. The van der Waals surface area contributed by atoms with E-state index in [9.17, 15) is 4.79 Å². The van der Waals surface area contributed by atoms with E-state index >= 15 is 0 Å². The summed E-state index contributed by atoms with van der Waals surface area (Å²) in [6.07, 6.45) is 8.80. The van der Waals surface area contributed by atoms with E-state index in [0.29, 0.717) is 11.7 Å². The minimum Gasteiger partial charge on any atom is -0.478 e. The monoisotopic (exact) mass is 259 g/mol. The van der Waals surface area contributed by atoms with Gasteiger partial charge in [-0.25, -0.2) is 9.78 Å². The molecule has 1 saturated carbocycles. The first-order chi connectivity index (χ1) is 9.22. The highest BCUT2D eigenvalue weighted by Gasteiger charge is 2.14. The minimum absolute atomic E-state index is 0.272. The molecule has 0 saturated heterocycles. The third-order valence-corrected chi connectivity index (χ3v) is 3.68. The third kappa shape index (κ3) is 2.61. The van der Waals surface area contributed by atoms with Crippen LogP contribution in [0.15, 0.2) is 24.5 Å². The molecule has 0 spiro atoms. The summed E-state index contributed by atoms with van der Waals surface area (Å²) in [6.45, 7) is 0.745. The molecule has 19 heavy (non-hydrogen) atoms. The lowest BCUT2D eigenvalue weighted by atomic mass is 10.2. The number of hydrogen-bond acceptors (Lipinski definition) is 3. The van der Waals surface area contributed by atoms with Crippen molar-refractivity contribution >= 4 is 11.6 Å². The molecule has 0 unspecified atom stereocenters. The SMILES string of the molecule is O=C(O)c1ccn2cc(CNC3CCCC3)nc2c1. The Labute approximate surface area is 111 Å². The van der Waals surface area contributed by atoms with Gasteiger partial charge < -0.3 is 14.8 Å². The average molecular weight is 259 g/mol. The second-order valence-corrected chi connectivity index (χ2v) is 5.08. The third-order valence-electron chi connectivity index (χ3n) is 3.68. The summed E-state index contributed by atoms with van der Waals surface area (Å²) in [6, 6.07) is 3.80. The molecule has 0 atom stereocenters. The number of carbonyl (C=O) groups is 1. The van der Waals surface area contributed by atoms with Gasteiger partial charge in [-0.3, -0.25) is 0 Å². The van der Waals surface area contributed by atoms with Gasteiger partial charge in [-0.05, 0) is 25.0 Å². The predicted octanol–water partition coefficient (Wildman–Crippen LogP) is 2.06. The van der Waals surface area contributed by atoms with Crippen molar-refractivity contribution in [2.24, 2.45) is 0 Å². The summed E-state index contributed by atoms with van der Waals surface area (Å²) in [5.41, 5.74) is 1.91. The zero-order chi connectivity index (χ0) is 13.2. The molecule has 5 heteroatoms. The van der Waals surface area contributed by atoms with Gasteiger partial charge in [-0.1, -0.05) is 12.8 Å². The number of imidazole rings is 1. The molecular formula is C14H17N3O2. The molecule has 100 valence electrons. The van der Waals surface area contributed by atoms with Crippen LogP contribution in [0.2, 0.25) is 0 Å². The molecule has 2 aromatic rings. The number of hydrogen-bond donors (Lipinski definition) is 2. The molecule has 0 aromatic carbocycles. The van der Waals surface area contributed by atoms with E-state index in [0.717, 1.165) is 12.2 Å². The van der Waals surface area contributed by atoms with Gasteiger partial charge in [0.2, 0.25) is 0 Å². The number of aromatic nitrogens is 2. The van der Waals surface area contributed by atoms with E-state index in [4.69, 9.17) is 5.11 Å². The summed E-state index contributed by atoms with van der Waals surface area (Å²) in [7, 11) is 0. The van der Waals surface area contributed by atoms with Crippen molar-refractivity contribution in [3.05, 3.63) is 35.8 Å². The fraction of sp³-hybridized carbons (Fsp3) is 0.429. The fourth-order valence-corrected chi connectivity index (χ4v) is 2.63. The maximum Gasteiger partial charge on any atom is 0.335 e. The molecule has 1 aliphatic rings. The normalized spacial score (nSPS) is 16.2. The van der Waals surface area contributed by atoms with Crippen molar-refractivity contribution in [2.75, 3.05) is 0 Å². The number of pyridine rings is 1. The highest BCUT2D eigenvalue weighted by molar-refractivity contribution is 5.88. The first-order valence-electron chi connectivity index (χ1n) is 6.67. The van der Waals surface area contributed by atoms with Crippen molar-refractivity contribution in [1.82, 2.24) is 14.7 Å². The van der Waals surface area contributed by atoms with Gasteiger partial charge in [0.25, 0.3) is 0 Å². The molecule has 0 amide bonds. The topological polar surface area (TPSA) is 66.6 Å². The van der Waals surface area contributed by atoms with Crippen LogP contribution in [0.1, 0.15) is 41.7 Å². The van der Waals surface area contributed by atoms with Gasteiger partial charge in [-0.2, -0.15) is 0 Å². The molecule has 0 bridgehead atoms. The van der Waals surface area contributed by atoms with Gasteiger partial charge >= 0.3 is 5.97 Å². The Morgan fingerprint density at radius 2 is 2.26 bits per heavy atom. The van der Waals surface area contributed by atoms with Gasteiger partial charge in [0, 0.05) is 25.0 Å². The maximum absolute atomic E-state index is 10.9. The quantitative estimate of drug-likeness (QED) is 0.882. The van der Waals surface area contributed by atoms with Crippen molar-refractivity contribution < 1.29 is 9.90 Å². The van der Waals surface area contributed by atoms with Crippen LogP contribution in [-0.2, 0) is 6.54 Å². The Hall–Kier alpha value is -1.88. The molecule has 2 heterocycles. The van der Waals surface area contributed by atoms with Crippen LogP contribution in [0.3, 0.4) is 0 Å². The first kappa shape index (κ1) is 12.2. The lowest BCUT2D eigenvalue weighted by Crippen LogP contribution is -2.25. The number of nitrogens with zero attached hydrogens (tertiary/aromatic N) is 2. The van der Waals surface area contributed by atoms with Crippen LogP contribution in [0, 0.1) is 0 Å². The van der Waals surface area contributed by atoms with Crippen LogP contribution in [0.5, 0.6) is 0 Å². The van der Waals surface area contributed by atoms with E-state index in [1.54, 1.807) is 18.3 Å². The highest BCUT2D eigenvalue weighted by Crippen LogP contribution is 2.18. The van der Waals surface area contributed by atoms with E-state index in [1.165, 1.54) is 25.7 Å². The van der Waals surface area contributed by atoms with Crippen molar-refractivity contribution in [3.63, 3.8) is 0 Å². The van der Waals surface area contributed by atoms with Crippen LogP contribution in [0.25, 0.3) is 5.65 Å². The molecule has 0 aliphatic heterocycles. The van der Waals surface area contributed by atoms with E-state index in [1.807, 2.05) is 10.6 Å². The fourth-order valence-electron chi connectivity index (χ4n) is 2.63. The van der Waals surface area contributed by atoms with Crippen LogP contribution >= 0.6 is 0 Å². The second kappa shape index (κ2) is 5.01. The Kier molecular flexibility index (Phi) is 3.21. The van der Waals surface area contributed by atoms with Crippen molar-refractivity contribution in [3.8, 4) is 0 Å². The minimum atomic E-state index is -0.920. The molecule has 5 nitrogen and oxygen atoms in total. The Morgan fingerprint density at radius 3 is 3.00 bits per heavy atom. The summed E-state index contributed by atoms with van der Waals surface area (Å²) in [5.74, 6) is -0.920. The molecule has 3 rings (SSSR count). The number of fused-ring (bicyclic) bond motifs is 1. The lowest BCUT2D eigenvalue weighted by Gasteiger charge is -2.09. The number of rotatable bonds is 4. The maximum atomic E-state index is 10.9. The summed E-state index contributed by atoms with van der Waals surface area (Å²) in [5, 5.41) is 12.5. The Bertz CT molecular complexity index is 600. The van der Waals surface area contributed by atoms with Crippen molar-refractivity contribution in [2.45, 2.75) is 38.3 Å². The van der Waals surface area contributed by atoms with E-state index in [2.05, 4.69) is 10.3 Å². The summed E-state index contributed by atoms with van der Waals surface area (Å²) in [4.78, 5) is 15.4. The van der Waals surface area contributed by atoms with Crippen molar-refractivity contribution in [1.29, 1.82) is 0 Å². The van der Waals surface area contributed by atoms with Crippen LogP contribution < -0.4 is 5.32 Å². The van der Waals surface area contributed by atoms with E-state index < -0.39 is 5.97 Å². The lowest BCUT2D eigenvalue weighted by molar-refractivity contribution is 0.0697. The van der Waals surface area contributed by atoms with Crippen LogP contribution in [0.4, 0.5) is 0 Å². The van der Waals surface area contributed by atoms with Gasteiger partial charge in [0.05, 0.1) is 11.3 Å². The van der Waals surface area contributed by atoms with Gasteiger partial charge in [-0.15, -0.1) is 0 Å². The second-order valence-electron chi connectivity index (χ2n) is 5.08. The Balaban J connectivity index is 1.75. The number of carboxylic acids is 1. The molecule has 2 aromatic heterocycles. The summed E-state index contributed by atoms with van der Waals surface area (Å²) >= 11 is 0. The zero-order valence-electron chi connectivity index (χ0n) is 10.7. The molecule has 1 aliphatic carbocycles. The first-order valence-corrected chi connectivity index (χ1v) is 6.67. The smallest absolute Gasteiger partial charge is 0.335 e. The highest BCUT2D eigenvalue weighted by atomic mass is 16.4. The average Bonchev–Trinajstić information content (AvgIpc) is 3.04. The molecular weight excluding hydrogens is 242 g/mol. The summed E-state index contributed by atoms with van der Waals surface area (Å²) < 4.78 is 1.86. The molecule has 2 N–H and O–H groups in total. The Morgan fingerprint density at radius 1 is 1.47 bits per heavy atom. The number of carboxylic acid groups (broad SMARTS) is 1. The number of aromatic carboxylic acids is 1. The van der Waals surface area contributed by atoms with Gasteiger partial charge in [0.1, 0.15) is 5.65 Å². The van der Waals surface area contributed by atoms with Gasteiger partial charge in [0.15, 0.2) is 0 Å². The zero-order valence-corrected chi connectivity index (χ0v) is 10.7. The number of nitrogens with one attached hydrogen (secondary N) is 1. The standard InChI is InChI=1S/C14H17N3O2/c18-14(19)10-5-6-17-9-12(16-13(17)7-10)8-15-11-3-1-2-4-11/h5-7,9,11,15H,1-4,8H2,(H,18,19). The van der Waals surface area contributed by atoms with Crippen LogP contribution in [-0.4, -0.2) is 26.5 Å². The molecule has 1 fully saturated rings.